The van der Waals surface area contributed by atoms with Crippen LogP contribution in [0, 0.1) is 0 Å². The topological polar surface area (TPSA) is 26.3 Å². The van der Waals surface area contributed by atoms with Gasteiger partial charge >= 0.3 is 0 Å². The maximum Gasteiger partial charge on any atom is 0.193 e. The number of ether oxygens (including phenoxy) is 1. The Bertz CT molecular complexity index is 197. The van der Waals surface area contributed by atoms with Gasteiger partial charge in [0.25, 0.3) is 0 Å². The summed E-state index contributed by atoms with van der Waals surface area (Å²) in [5, 5.41) is 0. The maximum absolute atomic E-state index is 10.8. The van der Waals surface area contributed by atoms with E-state index in [0.29, 0.717) is 12.4 Å². The molecule has 0 aromatic rings. The zero-order valence-electron chi connectivity index (χ0n) is 10.9. The van der Waals surface area contributed by atoms with Crippen molar-refractivity contribution in [2.24, 2.45) is 0 Å². The Morgan fingerprint density at radius 3 is 2.00 bits per heavy atom. The van der Waals surface area contributed by atoms with Crippen molar-refractivity contribution in [2.45, 2.75) is 65.2 Å². The van der Waals surface area contributed by atoms with Crippen LogP contribution in [-0.2, 0) is 9.53 Å². The van der Waals surface area contributed by atoms with Crippen LogP contribution in [0.25, 0.3) is 0 Å². The van der Waals surface area contributed by atoms with Gasteiger partial charge in [-0.05, 0) is 6.42 Å². The van der Waals surface area contributed by atoms with Crippen molar-refractivity contribution in [1.29, 1.82) is 0 Å². The second kappa shape index (κ2) is 10.7. The molecule has 0 saturated carbocycles. The number of carbonyl (C=O) groups excluding carboxylic acids is 1. The van der Waals surface area contributed by atoms with E-state index in [1.54, 1.807) is 0 Å². The Kier molecular flexibility index (Phi) is 10.2. The van der Waals surface area contributed by atoms with Crippen molar-refractivity contribution in [3.8, 4) is 0 Å². The van der Waals surface area contributed by atoms with E-state index in [0.717, 1.165) is 6.42 Å². The lowest BCUT2D eigenvalue weighted by atomic mass is 10.1. The highest BCUT2D eigenvalue weighted by atomic mass is 16.5. The van der Waals surface area contributed by atoms with Gasteiger partial charge in [-0.2, -0.15) is 0 Å². The van der Waals surface area contributed by atoms with Crippen molar-refractivity contribution < 1.29 is 9.53 Å². The summed E-state index contributed by atoms with van der Waals surface area (Å²) in [7, 11) is 0. The van der Waals surface area contributed by atoms with Crippen LogP contribution in [0.5, 0.6) is 0 Å². The second-order valence-corrected chi connectivity index (χ2v) is 4.30. The summed E-state index contributed by atoms with van der Waals surface area (Å²) in [6.45, 7) is 7.90. The van der Waals surface area contributed by atoms with Crippen LogP contribution in [0.3, 0.4) is 0 Å². The van der Waals surface area contributed by atoms with E-state index in [-0.39, 0.29) is 5.78 Å². The average molecular weight is 226 g/mol. The predicted molar refractivity (Wildman–Crippen MR) is 68.4 cm³/mol. The van der Waals surface area contributed by atoms with E-state index in [4.69, 9.17) is 4.74 Å². The minimum atomic E-state index is -0.0698. The quantitative estimate of drug-likeness (QED) is 0.299. The highest BCUT2D eigenvalue weighted by molar-refractivity contribution is 5.90. The third-order valence-corrected chi connectivity index (χ3v) is 2.67. The zero-order chi connectivity index (χ0) is 12.2. The third kappa shape index (κ3) is 9.75. The van der Waals surface area contributed by atoms with Crippen molar-refractivity contribution >= 4 is 5.78 Å². The SMILES string of the molecule is C=C(OCCCCCCCCCC)C(C)=O. The molecule has 0 aliphatic carbocycles. The molecule has 2 nitrogen and oxygen atoms in total. The van der Waals surface area contributed by atoms with Gasteiger partial charge < -0.3 is 4.74 Å². The van der Waals surface area contributed by atoms with Gasteiger partial charge in [-0.15, -0.1) is 0 Å². The maximum atomic E-state index is 10.8. The molecular weight excluding hydrogens is 200 g/mol. The van der Waals surface area contributed by atoms with Gasteiger partial charge in [0.2, 0.25) is 0 Å². The van der Waals surface area contributed by atoms with Gasteiger partial charge in [0.1, 0.15) is 0 Å². The highest BCUT2D eigenvalue weighted by Crippen LogP contribution is 2.08. The van der Waals surface area contributed by atoms with E-state index in [9.17, 15) is 4.79 Å². The number of allylic oxidation sites excluding steroid dienone is 1. The summed E-state index contributed by atoms with van der Waals surface area (Å²) in [4.78, 5) is 10.8. The van der Waals surface area contributed by atoms with Gasteiger partial charge in [-0.25, -0.2) is 0 Å². The molecule has 16 heavy (non-hydrogen) atoms. The minimum Gasteiger partial charge on any atom is -0.491 e. The Hall–Kier alpha value is -0.790. The van der Waals surface area contributed by atoms with Gasteiger partial charge in [0, 0.05) is 6.92 Å². The third-order valence-electron chi connectivity index (χ3n) is 2.67. The highest BCUT2D eigenvalue weighted by Gasteiger charge is 1.99. The summed E-state index contributed by atoms with van der Waals surface area (Å²) in [6, 6.07) is 0. The molecule has 0 aromatic carbocycles. The summed E-state index contributed by atoms with van der Waals surface area (Å²) in [6.07, 6.45) is 10.2. The first-order chi connectivity index (χ1) is 7.68. The monoisotopic (exact) mass is 226 g/mol. The Labute approximate surface area is 100 Å². The Balaban J connectivity index is 3.10. The molecule has 0 aromatic heterocycles. The molecule has 0 amide bonds. The van der Waals surface area contributed by atoms with Crippen LogP contribution < -0.4 is 0 Å². The van der Waals surface area contributed by atoms with Gasteiger partial charge in [0.15, 0.2) is 11.5 Å². The standard InChI is InChI=1S/C14H26O2/c1-4-5-6-7-8-9-10-11-12-16-14(3)13(2)15/h3-12H2,1-2H3. The molecule has 0 atom stereocenters. The number of hydrogen-bond acceptors (Lipinski definition) is 2. The average Bonchev–Trinajstić information content (AvgIpc) is 2.26. The van der Waals surface area contributed by atoms with Crippen LogP contribution in [0.2, 0.25) is 0 Å². The molecule has 0 aliphatic rings. The molecule has 0 saturated heterocycles. The van der Waals surface area contributed by atoms with E-state index < -0.39 is 0 Å². The lowest BCUT2D eigenvalue weighted by Gasteiger charge is -2.05. The molecule has 0 heterocycles. The fraction of sp³-hybridized carbons (Fsp3) is 0.786. The fourth-order valence-corrected chi connectivity index (χ4v) is 1.53. The molecule has 0 spiro atoms. The lowest BCUT2D eigenvalue weighted by molar-refractivity contribution is -0.116. The first-order valence-electron chi connectivity index (χ1n) is 6.51. The van der Waals surface area contributed by atoms with E-state index in [1.807, 2.05) is 0 Å². The van der Waals surface area contributed by atoms with Gasteiger partial charge in [-0.1, -0.05) is 58.4 Å². The van der Waals surface area contributed by atoms with E-state index in [1.165, 1.54) is 51.9 Å². The Morgan fingerprint density at radius 2 is 1.50 bits per heavy atom. The molecule has 0 aliphatic heterocycles. The van der Waals surface area contributed by atoms with Crippen LogP contribution >= 0.6 is 0 Å². The first kappa shape index (κ1) is 15.2. The number of unbranched alkanes of at least 4 members (excludes halogenated alkanes) is 7. The molecule has 0 fully saturated rings. The molecule has 0 N–H and O–H groups in total. The normalized spacial score (nSPS) is 10.1. The molecule has 0 bridgehead atoms. The molecule has 0 radical (unpaired) electrons. The Morgan fingerprint density at radius 1 is 1.00 bits per heavy atom. The first-order valence-corrected chi connectivity index (χ1v) is 6.51. The van der Waals surface area contributed by atoms with Crippen molar-refractivity contribution in [3.05, 3.63) is 12.3 Å². The predicted octanol–water partition coefficient (Wildman–Crippen LogP) is 4.25. The number of hydrogen-bond donors (Lipinski definition) is 0. The van der Waals surface area contributed by atoms with E-state index in [2.05, 4.69) is 13.5 Å². The van der Waals surface area contributed by atoms with Crippen LogP contribution in [0.1, 0.15) is 65.2 Å². The number of carbonyl (C=O) groups is 1. The summed E-state index contributed by atoms with van der Waals surface area (Å²) < 4.78 is 5.20. The summed E-state index contributed by atoms with van der Waals surface area (Å²) in [5.74, 6) is 0.225. The van der Waals surface area contributed by atoms with Crippen molar-refractivity contribution in [3.63, 3.8) is 0 Å². The molecule has 0 rings (SSSR count). The molecule has 2 heteroatoms. The van der Waals surface area contributed by atoms with Crippen molar-refractivity contribution in [2.75, 3.05) is 6.61 Å². The zero-order valence-corrected chi connectivity index (χ0v) is 10.9. The summed E-state index contributed by atoms with van der Waals surface area (Å²) >= 11 is 0. The van der Waals surface area contributed by atoms with Gasteiger partial charge in [-0.3, -0.25) is 4.79 Å². The molecule has 94 valence electrons. The smallest absolute Gasteiger partial charge is 0.193 e. The number of Topliss-reactive ketones (excluding diaryl/α,β-unsaturated/α-hetero) is 1. The fourth-order valence-electron chi connectivity index (χ4n) is 1.53. The molecular formula is C14H26O2. The largest absolute Gasteiger partial charge is 0.491 e. The molecule has 0 unspecified atom stereocenters. The van der Waals surface area contributed by atoms with Crippen molar-refractivity contribution in [1.82, 2.24) is 0 Å². The number of rotatable bonds is 11. The van der Waals surface area contributed by atoms with Crippen LogP contribution in [0.15, 0.2) is 12.3 Å². The van der Waals surface area contributed by atoms with E-state index >= 15 is 0 Å². The summed E-state index contributed by atoms with van der Waals surface area (Å²) in [5.41, 5.74) is 0. The number of ketones is 1. The lowest BCUT2D eigenvalue weighted by Crippen LogP contribution is -2.01. The second-order valence-electron chi connectivity index (χ2n) is 4.30. The minimum absolute atomic E-state index is 0.0698. The van der Waals surface area contributed by atoms with Gasteiger partial charge in [0.05, 0.1) is 6.61 Å². The van der Waals surface area contributed by atoms with Crippen LogP contribution in [0.4, 0.5) is 0 Å². The van der Waals surface area contributed by atoms with Crippen LogP contribution in [-0.4, -0.2) is 12.4 Å².